The smallest absolute Gasteiger partial charge is 0.254 e. The van der Waals surface area contributed by atoms with Crippen molar-refractivity contribution in [3.05, 3.63) is 45.1 Å². The van der Waals surface area contributed by atoms with Crippen molar-refractivity contribution in [2.75, 3.05) is 0 Å². The lowest BCUT2D eigenvalue weighted by Gasteiger charge is -2.19. The molecule has 1 aromatic rings. The Labute approximate surface area is 155 Å². The summed E-state index contributed by atoms with van der Waals surface area (Å²) < 4.78 is 5.62. The van der Waals surface area contributed by atoms with Crippen molar-refractivity contribution < 1.29 is 29.1 Å². The van der Waals surface area contributed by atoms with Crippen molar-refractivity contribution in [2.45, 2.75) is 19.1 Å². The van der Waals surface area contributed by atoms with Crippen molar-refractivity contribution in [1.29, 1.82) is 0 Å². The van der Waals surface area contributed by atoms with E-state index in [1.54, 1.807) is 0 Å². The normalized spacial score (nSPS) is 15.9. The van der Waals surface area contributed by atoms with Gasteiger partial charge in [0.1, 0.15) is 22.5 Å². The van der Waals surface area contributed by atoms with Crippen LogP contribution in [0.3, 0.4) is 0 Å². The number of hydrogen-bond acceptors (Lipinski definition) is 8. The molecule has 3 aliphatic rings. The predicted molar refractivity (Wildman–Crippen MR) is 90.7 cm³/mol. The first-order chi connectivity index (χ1) is 12.8. The molecule has 4 rings (SSSR count). The van der Waals surface area contributed by atoms with Crippen LogP contribution in [0.1, 0.15) is 24.7 Å². The number of halogens is 1. The Hall–Kier alpha value is -3.01. The molecule has 2 N–H and O–H groups in total. The number of hydroxylamine groups is 2. The van der Waals surface area contributed by atoms with Crippen molar-refractivity contribution in [1.82, 2.24) is 10.0 Å². The molecule has 0 saturated carbocycles. The van der Waals surface area contributed by atoms with Crippen molar-refractivity contribution in [3.8, 4) is 17.2 Å². The molecule has 10 heteroatoms. The standard InChI is InChI=1S/C17H11ClN2O7/c18-7-5-9-12(6-11(7)22)26-16-8(19-9)1-2-10(21)15(16)17(25)27-20-13(23)3-4-14(20)24/h1-2,5-6,17,22,25H,3-4H2. The number of nitrogens with zero attached hydrogens (tertiary/aromatic N) is 2. The summed E-state index contributed by atoms with van der Waals surface area (Å²) in [7, 11) is 0. The van der Waals surface area contributed by atoms with E-state index >= 15 is 0 Å². The van der Waals surface area contributed by atoms with Gasteiger partial charge in [-0.05, 0) is 18.2 Å². The van der Waals surface area contributed by atoms with Gasteiger partial charge in [0.2, 0.25) is 6.29 Å². The van der Waals surface area contributed by atoms with Crippen LogP contribution in [0.5, 0.6) is 5.75 Å². The van der Waals surface area contributed by atoms with E-state index < -0.39 is 23.5 Å². The van der Waals surface area contributed by atoms with Crippen molar-refractivity contribution in [3.63, 3.8) is 0 Å². The molecule has 1 aromatic carbocycles. The zero-order valence-corrected chi connectivity index (χ0v) is 14.3. The number of aliphatic hydroxyl groups is 1. The highest BCUT2D eigenvalue weighted by atomic mass is 35.5. The first kappa shape index (κ1) is 17.4. The highest BCUT2D eigenvalue weighted by molar-refractivity contribution is 6.32. The number of phenolic OH excluding ortho intramolecular Hbond substituents is 1. The van der Waals surface area contributed by atoms with Crippen LogP contribution in [-0.2, 0) is 14.4 Å². The molecule has 0 bridgehead atoms. The zero-order chi connectivity index (χ0) is 19.3. The van der Waals surface area contributed by atoms with Crippen LogP contribution < -0.4 is 5.43 Å². The van der Waals surface area contributed by atoms with Crippen molar-refractivity contribution >= 4 is 34.5 Å². The third-order valence-electron chi connectivity index (χ3n) is 4.07. The molecule has 27 heavy (non-hydrogen) atoms. The lowest BCUT2D eigenvalue weighted by molar-refractivity contribution is -0.247. The molecule has 1 fully saturated rings. The molecule has 0 radical (unpaired) electrons. The Balaban J connectivity index is 1.84. The molecule has 1 unspecified atom stereocenters. The molecule has 0 aromatic heterocycles. The minimum Gasteiger partial charge on any atom is -0.506 e. The quantitative estimate of drug-likeness (QED) is 0.392. The summed E-state index contributed by atoms with van der Waals surface area (Å²) in [5.41, 5.74) is -0.339. The number of phenols is 1. The minimum absolute atomic E-state index is 0.0398. The van der Waals surface area contributed by atoms with Gasteiger partial charge in [-0.3, -0.25) is 14.4 Å². The largest absolute Gasteiger partial charge is 0.506 e. The summed E-state index contributed by atoms with van der Waals surface area (Å²) in [5.74, 6) is -1.60. The van der Waals surface area contributed by atoms with Crippen molar-refractivity contribution in [2.24, 2.45) is 0 Å². The highest BCUT2D eigenvalue weighted by Crippen LogP contribution is 2.34. The predicted octanol–water partition coefficient (Wildman–Crippen LogP) is 1.72. The van der Waals surface area contributed by atoms with Gasteiger partial charge in [-0.1, -0.05) is 11.6 Å². The van der Waals surface area contributed by atoms with Gasteiger partial charge in [-0.25, -0.2) is 9.82 Å². The van der Waals surface area contributed by atoms with Crippen LogP contribution in [0.2, 0.25) is 5.02 Å². The topological polar surface area (TPSA) is 130 Å². The monoisotopic (exact) mass is 390 g/mol. The maximum atomic E-state index is 12.3. The zero-order valence-electron chi connectivity index (χ0n) is 13.5. The SMILES string of the molecule is O=C1CCC(=O)N1OC(O)c1c2oc3cc(O)c(Cl)cc3nc-2ccc1=O. The van der Waals surface area contributed by atoms with E-state index in [4.69, 9.17) is 20.9 Å². The fourth-order valence-corrected chi connectivity index (χ4v) is 2.92. The molecule has 2 heterocycles. The Bertz CT molecular complexity index is 1110. The molecular weight excluding hydrogens is 380 g/mol. The van der Waals surface area contributed by atoms with Crippen LogP contribution in [-0.4, -0.2) is 32.1 Å². The van der Waals surface area contributed by atoms with Crippen LogP contribution in [0, 0.1) is 0 Å². The molecule has 138 valence electrons. The number of hydrogen-bond donors (Lipinski definition) is 2. The van der Waals surface area contributed by atoms with E-state index in [0.29, 0.717) is 10.6 Å². The fourth-order valence-electron chi connectivity index (χ4n) is 2.77. The summed E-state index contributed by atoms with van der Waals surface area (Å²) >= 11 is 5.86. The Kier molecular flexibility index (Phi) is 4.06. The van der Waals surface area contributed by atoms with Crippen LogP contribution in [0.25, 0.3) is 22.6 Å². The maximum Gasteiger partial charge on any atom is 0.254 e. The maximum absolute atomic E-state index is 12.3. The van der Waals surface area contributed by atoms with Gasteiger partial charge in [0.25, 0.3) is 11.8 Å². The van der Waals surface area contributed by atoms with Gasteiger partial charge in [0, 0.05) is 18.9 Å². The number of aliphatic hydroxyl groups excluding tert-OH is 1. The summed E-state index contributed by atoms with van der Waals surface area (Å²) in [5, 5.41) is 20.6. The van der Waals surface area contributed by atoms with E-state index in [2.05, 4.69) is 4.98 Å². The number of aromatic hydroxyl groups is 1. The minimum atomic E-state index is -1.93. The second-order valence-corrected chi connectivity index (χ2v) is 6.26. The molecule has 1 atom stereocenters. The molecule has 1 aliphatic carbocycles. The van der Waals surface area contributed by atoms with Gasteiger partial charge >= 0.3 is 0 Å². The van der Waals surface area contributed by atoms with Crippen LogP contribution in [0.15, 0.2) is 33.5 Å². The second kappa shape index (κ2) is 6.31. The Morgan fingerprint density at radius 1 is 1.19 bits per heavy atom. The number of carbonyl (C=O) groups excluding carboxylic acids is 2. The number of imide groups is 1. The van der Waals surface area contributed by atoms with E-state index in [9.17, 15) is 24.6 Å². The third-order valence-corrected chi connectivity index (χ3v) is 4.38. The fraction of sp³-hybridized carbons (Fsp3) is 0.176. The first-order valence-electron chi connectivity index (χ1n) is 7.82. The molecule has 9 nitrogen and oxygen atoms in total. The number of aromatic nitrogens is 1. The Morgan fingerprint density at radius 3 is 2.59 bits per heavy atom. The third kappa shape index (κ3) is 2.91. The molecular formula is C17H11ClN2O7. The van der Waals surface area contributed by atoms with Gasteiger partial charge in [0.05, 0.1) is 5.02 Å². The highest BCUT2D eigenvalue weighted by Gasteiger charge is 2.34. The van der Waals surface area contributed by atoms with Crippen LogP contribution >= 0.6 is 11.6 Å². The van der Waals surface area contributed by atoms with E-state index in [1.807, 2.05) is 0 Å². The van der Waals surface area contributed by atoms with E-state index in [1.165, 1.54) is 18.2 Å². The van der Waals surface area contributed by atoms with Crippen LogP contribution in [0.4, 0.5) is 0 Å². The van der Waals surface area contributed by atoms with Gasteiger partial charge in [-0.15, -0.1) is 0 Å². The lowest BCUT2D eigenvalue weighted by Crippen LogP contribution is -2.32. The second-order valence-electron chi connectivity index (χ2n) is 5.85. The molecule has 2 aliphatic heterocycles. The average Bonchev–Trinajstić information content (AvgIpc) is 2.93. The number of amides is 2. The molecule has 0 spiro atoms. The number of benzene rings is 2. The average molecular weight is 391 g/mol. The molecule has 2 amide bonds. The first-order valence-corrected chi connectivity index (χ1v) is 8.19. The lowest BCUT2D eigenvalue weighted by atomic mass is 10.1. The van der Waals surface area contributed by atoms with Gasteiger partial charge in [-0.2, -0.15) is 5.06 Å². The molecule has 1 saturated heterocycles. The summed E-state index contributed by atoms with van der Waals surface area (Å²) in [6, 6.07) is 5.12. The summed E-state index contributed by atoms with van der Waals surface area (Å²) in [6.45, 7) is 0. The number of rotatable bonds is 3. The number of carbonyl (C=O) groups is 2. The van der Waals surface area contributed by atoms with E-state index in [-0.39, 0.29) is 46.2 Å². The Morgan fingerprint density at radius 2 is 1.89 bits per heavy atom. The van der Waals surface area contributed by atoms with Gasteiger partial charge < -0.3 is 14.6 Å². The summed E-state index contributed by atoms with van der Waals surface area (Å²) in [4.78, 5) is 44.9. The summed E-state index contributed by atoms with van der Waals surface area (Å²) in [6.07, 6.45) is -2.01. The number of fused-ring (bicyclic) bond motifs is 2. The van der Waals surface area contributed by atoms with E-state index in [0.717, 1.165) is 6.07 Å². The van der Waals surface area contributed by atoms with Gasteiger partial charge in [0.15, 0.2) is 16.8 Å².